The molecule has 20 heavy (non-hydrogen) atoms. The number of nitrogens with one attached hydrogen (secondary N) is 1. The summed E-state index contributed by atoms with van der Waals surface area (Å²) in [5.41, 5.74) is 1.05. The van der Waals surface area contributed by atoms with Gasteiger partial charge < -0.3 is 9.64 Å². The van der Waals surface area contributed by atoms with Crippen molar-refractivity contribution in [3.63, 3.8) is 0 Å². The van der Waals surface area contributed by atoms with Crippen LogP contribution in [0, 0.1) is 5.92 Å². The van der Waals surface area contributed by atoms with Crippen molar-refractivity contribution in [2.75, 3.05) is 7.11 Å². The van der Waals surface area contributed by atoms with E-state index in [1.54, 1.807) is 7.11 Å². The number of ether oxygens (including phenoxy) is 1. The second kappa shape index (κ2) is 5.09. The van der Waals surface area contributed by atoms with Crippen LogP contribution in [0.5, 0.6) is 5.75 Å². The number of para-hydroxylation sites is 1. The number of methoxy groups -OCH3 is 1. The topological polar surface area (TPSA) is 41.6 Å². The molecule has 2 fully saturated rings. The van der Waals surface area contributed by atoms with E-state index in [0.717, 1.165) is 30.1 Å². The van der Waals surface area contributed by atoms with Gasteiger partial charge in [-0.05, 0) is 31.7 Å². The van der Waals surface area contributed by atoms with Gasteiger partial charge in [0.2, 0.25) is 5.91 Å². The summed E-state index contributed by atoms with van der Waals surface area (Å²) in [7, 11) is 1.68. The van der Waals surface area contributed by atoms with Crippen LogP contribution in [-0.4, -0.2) is 30.0 Å². The molecule has 2 aliphatic rings. The maximum atomic E-state index is 12.5. The van der Waals surface area contributed by atoms with Crippen molar-refractivity contribution >= 4 is 5.91 Å². The van der Waals surface area contributed by atoms with E-state index in [1.807, 2.05) is 36.1 Å². The Morgan fingerprint density at radius 1 is 1.25 bits per heavy atom. The Morgan fingerprint density at radius 3 is 2.60 bits per heavy atom. The summed E-state index contributed by atoms with van der Waals surface area (Å²) in [5.74, 6) is 1.77. The molecule has 0 aromatic heterocycles. The summed E-state index contributed by atoms with van der Waals surface area (Å²) in [6, 6.07) is 8.18. The monoisotopic (exact) mass is 274 g/mol. The van der Waals surface area contributed by atoms with Gasteiger partial charge in [-0.3, -0.25) is 10.1 Å². The van der Waals surface area contributed by atoms with Crippen molar-refractivity contribution in [2.24, 2.45) is 5.92 Å². The molecule has 1 heterocycles. The maximum absolute atomic E-state index is 12.5. The van der Waals surface area contributed by atoms with Crippen molar-refractivity contribution in [3.05, 3.63) is 29.8 Å². The summed E-state index contributed by atoms with van der Waals surface area (Å²) in [6.07, 6.45) is 2.14. The van der Waals surface area contributed by atoms with E-state index in [0.29, 0.717) is 6.04 Å². The van der Waals surface area contributed by atoms with E-state index in [2.05, 4.69) is 12.2 Å². The highest BCUT2D eigenvalue weighted by atomic mass is 16.5. The zero-order valence-corrected chi connectivity index (χ0v) is 12.3. The summed E-state index contributed by atoms with van der Waals surface area (Å²) in [5, 5.41) is 3.41. The molecular formula is C16H22N2O2. The molecule has 1 saturated carbocycles. The van der Waals surface area contributed by atoms with Crippen molar-refractivity contribution in [2.45, 2.75) is 44.9 Å². The summed E-state index contributed by atoms with van der Waals surface area (Å²) >= 11 is 0. The van der Waals surface area contributed by atoms with Crippen LogP contribution < -0.4 is 10.1 Å². The first-order chi connectivity index (χ1) is 9.61. The molecule has 1 aliphatic heterocycles. The first-order valence-electron chi connectivity index (χ1n) is 7.33. The fraction of sp³-hybridized carbons (Fsp3) is 0.562. The third-order valence-electron chi connectivity index (χ3n) is 4.49. The maximum Gasteiger partial charge on any atom is 0.241 e. The van der Waals surface area contributed by atoms with E-state index in [4.69, 9.17) is 4.74 Å². The Hall–Kier alpha value is -1.55. The predicted octanol–water partition coefficient (Wildman–Crippen LogP) is 2.31. The van der Waals surface area contributed by atoms with Gasteiger partial charge in [0.15, 0.2) is 0 Å². The number of hydrogen-bond acceptors (Lipinski definition) is 3. The molecule has 1 amide bonds. The third-order valence-corrected chi connectivity index (χ3v) is 4.49. The second-order valence-corrected chi connectivity index (χ2v) is 6.01. The minimum Gasteiger partial charge on any atom is -0.496 e. The molecule has 3 rings (SSSR count). The number of rotatable bonds is 3. The number of carbonyl (C=O) groups excluding carboxylic acids is 1. The third kappa shape index (κ3) is 2.08. The average Bonchev–Trinajstić information content (AvgIpc) is 2.71. The molecule has 1 aliphatic carbocycles. The van der Waals surface area contributed by atoms with Gasteiger partial charge >= 0.3 is 0 Å². The molecular weight excluding hydrogens is 252 g/mol. The van der Waals surface area contributed by atoms with Crippen molar-refractivity contribution < 1.29 is 9.53 Å². The Balaban J connectivity index is 1.92. The Labute approximate surface area is 120 Å². The van der Waals surface area contributed by atoms with Crippen molar-refractivity contribution in [1.29, 1.82) is 0 Å². The highest BCUT2D eigenvalue weighted by Crippen LogP contribution is 2.40. The van der Waals surface area contributed by atoms with Gasteiger partial charge in [-0.15, -0.1) is 0 Å². The Kier molecular flexibility index (Phi) is 3.42. The molecule has 1 aromatic carbocycles. The van der Waals surface area contributed by atoms with E-state index in [9.17, 15) is 4.79 Å². The zero-order chi connectivity index (χ0) is 14.3. The number of benzene rings is 1. The molecule has 0 radical (unpaired) electrons. The zero-order valence-electron chi connectivity index (χ0n) is 12.3. The highest BCUT2D eigenvalue weighted by molar-refractivity contribution is 5.84. The number of hydrogen-bond donors (Lipinski definition) is 1. The highest BCUT2D eigenvalue weighted by Gasteiger charge is 2.45. The van der Waals surface area contributed by atoms with Gasteiger partial charge in [-0.2, -0.15) is 0 Å². The molecule has 0 bridgehead atoms. The smallest absolute Gasteiger partial charge is 0.241 e. The van der Waals surface area contributed by atoms with E-state index in [1.165, 1.54) is 0 Å². The first-order valence-corrected chi connectivity index (χ1v) is 7.33. The average molecular weight is 274 g/mol. The number of nitrogens with zero attached hydrogens (tertiary/aromatic N) is 1. The summed E-state index contributed by atoms with van der Waals surface area (Å²) in [4.78, 5) is 14.5. The van der Waals surface area contributed by atoms with Crippen LogP contribution in [-0.2, 0) is 4.79 Å². The van der Waals surface area contributed by atoms with E-state index >= 15 is 0 Å². The standard InChI is InChI=1S/C16H22N2O2/c1-10-8-12(9-10)18-15(17-11(2)16(18)19)13-6-4-5-7-14(13)20-3/h4-7,10-12,15,17H,8-9H2,1-3H3. The SMILES string of the molecule is COc1ccccc1C1NC(C)C(=O)N1C1CC(C)C1. The molecule has 1 saturated heterocycles. The predicted molar refractivity (Wildman–Crippen MR) is 77.4 cm³/mol. The lowest BCUT2D eigenvalue weighted by atomic mass is 9.80. The van der Waals surface area contributed by atoms with Crippen molar-refractivity contribution in [1.82, 2.24) is 10.2 Å². The first kappa shape index (κ1) is 13.4. The molecule has 1 aromatic rings. The van der Waals surface area contributed by atoms with E-state index in [-0.39, 0.29) is 18.1 Å². The van der Waals surface area contributed by atoms with Gasteiger partial charge in [-0.1, -0.05) is 25.1 Å². The summed E-state index contributed by atoms with van der Waals surface area (Å²) in [6.45, 7) is 4.18. The van der Waals surface area contributed by atoms with Crippen LogP contribution >= 0.6 is 0 Å². The van der Waals surface area contributed by atoms with Crippen LogP contribution in [0.25, 0.3) is 0 Å². The van der Waals surface area contributed by atoms with Gasteiger partial charge in [0.25, 0.3) is 0 Å². The molecule has 2 atom stereocenters. The van der Waals surface area contributed by atoms with E-state index < -0.39 is 0 Å². The second-order valence-electron chi connectivity index (χ2n) is 6.01. The van der Waals surface area contributed by atoms with Gasteiger partial charge in [-0.25, -0.2) is 0 Å². The van der Waals surface area contributed by atoms with Crippen LogP contribution in [0.15, 0.2) is 24.3 Å². The largest absolute Gasteiger partial charge is 0.496 e. The quantitative estimate of drug-likeness (QED) is 0.919. The fourth-order valence-corrected chi connectivity index (χ4v) is 3.35. The molecule has 1 N–H and O–H groups in total. The van der Waals surface area contributed by atoms with Crippen LogP contribution in [0.4, 0.5) is 0 Å². The molecule has 4 heteroatoms. The molecule has 108 valence electrons. The normalized spacial score (nSPS) is 33.1. The van der Waals surface area contributed by atoms with Crippen molar-refractivity contribution in [3.8, 4) is 5.75 Å². The lowest BCUT2D eigenvalue weighted by molar-refractivity contribution is -0.134. The number of carbonyl (C=O) groups is 1. The van der Waals surface area contributed by atoms with Gasteiger partial charge in [0.1, 0.15) is 11.9 Å². The lowest BCUT2D eigenvalue weighted by Gasteiger charge is -2.42. The van der Waals surface area contributed by atoms with Crippen LogP contribution in [0.1, 0.15) is 38.4 Å². The Bertz CT molecular complexity index is 511. The molecule has 2 unspecified atom stereocenters. The van der Waals surface area contributed by atoms with Crippen LogP contribution in [0.2, 0.25) is 0 Å². The number of amides is 1. The summed E-state index contributed by atoms with van der Waals surface area (Å²) < 4.78 is 5.45. The molecule has 4 nitrogen and oxygen atoms in total. The minimum atomic E-state index is -0.124. The fourth-order valence-electron chi connectivity index (χ4n) is 3.35. The lowest BCUT2D eigenvalue weighted by Crippen LogP contribution is -2.47. The van der Waals surface area contributed by atoms with Gasteiger partial charge in [0, 0.05) is 11.6 Å². The Morgan fingerprint density at radius 2 is 1.95 bits per heavy atom. The van der Waals surface area contributed by atoms with Crippen LogP contribution in [0.3, 0.4) is 0 Å². The van der Waals surface area contributed by atoms with Gasteiger partial charge in [0.05, 0.1) is 13.2 Å². The molecule has 0 spiro atoms. The minimum absolute atomic E-state index is 0.0638.